The molecule has 22 heavy (non-hydrogen) atoms. The van der Waals surface area contributed by atoms with Crippen LogP contribution in [0.3, 0.4) is 0 Å². The molecule has 2 aromatic rings. The Morgan fingerprint density at radius 1 is 1.09 bits per heavy atom. The summed E-state index contributed by atoms with van der Waals surface area (Å²) in [5, 5.41) is 11.2. The quantitative estimate of drug-likeness (QED) is 0.514. The zero-order valence-electron chi connectivity index (χ0n) is 13.3. The average Bonchev–Trinajstić information content (AvgIpc) is 2.75. The molecule has 1 aliphatic carbocycles. The molecular formula is C19H24O3. The summed E-state index contributed by atoms with van der Waals surface area (Å²) >= 11 is 0. The second kappa shape index (κ2) is 6.55. The number of fused-ring (bicyclic) bond motifs is 3. The maximum absolute atomic E-state index is 12.2. The van der Waals surface area contributed by atoms with E-state index in [2.05, 4.69) is 6.92 Å². The number of benzene rings is 1. The number of phenols is 1. The van der Waals surface area contributed by atoms with Crippen molar-refractivity contribution in [1.29, 1.82) is 0 Å². The fraction of sp³-hybridized carbons (Fsp3) is 0.526. The molecule has 3 rings (SSSR count). The molecule has 1 aromatic heterocycles. The van der Waals surface area contributed by atoms with Crippen molar-refractivity contribution in [3.63, 3.8) is 0 Å². The van der Waals surface area contributed by atoms with Crippen molar-refractivity contribution >= 4 is 11.0 Å². The molecule has 1 aromatic carbocycles. The second-order valence-corrected chi connectivity index (χ2v) is 6.34. The van der Waals surface area contributed by atoms with Crippen molar-refractivity contribution in [2.24, 2.45) is 0 Å². The van der Waals surface area contributed by atoms with Crippen LogP contribution in [-0.4, -0.2) is 5.11 Å². The number of hydrogen-bond acceptors (Lipinski definition) is 3. The largest absolute Gasteiger partial charge is 0.508 e. The van der Waals surface area contributed by atoms with E-state index in [4.69, 9.17) is 4.42 Å². The minimum absolute atomic E-state index is 0.220. The van der Waals surface area contributed by atoms with Crippen LogP contribution in [-0.2, 0) is 19.3 Å². The van der Waals surface area contributed by atoms with Gasteiger partial charge in [0.05, 0.1) is 0 Å². The van der Waals surface area contributed by atoms with Gasteiger partial charge in [-0.05, 0) is 55.7 Å². The Bertz CT molecular complexity index is 728. The Labute approximate surface area is 131 Å². The van der Waals surface area contributed by atoms with Gasteiger partial charge in [-0.2, -0.15) is 0 Å². The maximum Gasteiger partial charge on any atom is 0.339 e. The molecule has 3 heteroatoms. The lowest BCUT2D eigenvalue weighted by Crippen LogP contribution is -2.11. The molecule has 0 aliphatic heterocycles. The number of phenolic OH excluding ortho intramolecular Hbond substituents is 1. The molecular weight excluding hydrogens is 276 g/mol. The zero-order valence-corrected chi connectivity index (χ0v) is 13.3. The van der Waals surface area contributed by atoms with Crippen LogP contribution in [0.4, 0.5) is 0 Å². The summed E-state index contributed by atoms with van der Waals surface area (Å²) in [5.74, 6) is 0.250. The van der Waals surface area contributed by atoms with E-state index in [1.807, 2.05) is 6.07 Å². The van der Waals surface area contributed by atoms with Gasteiger partial charge in [0.1, 0.15) is 11.3 Å². The number of hydrogen-bond donors (Lipinski definition) is 1. The van der Waals surface area contributed by atoms with Crippen LogP contribution in [0.1, 0.15) is 62.1 Å². The standard InChI is InChI=1S/C19H24O3/c1-2-3-5-8-13-11-16-14-9-6-4-7-10-15(14)19(21)22-18(16)12-17(13)20/h11-12,20H,2-10H2,1H3. The first-order valence-corrected chi connectivity index (χ1v) is 8.51. The molecule has 0 unspecified atom stereocenters. The van der Waals surface area contributed by atoms with Crippen LogP contribution >= 0.6 is 0 Å². The van der Waals surface area contributed by atoms with Crippen molar-refractivity contribution in [2.75, 3.05) is 0 Å². The summed E-state index contributed by atoms with van der Waals surface area (Å²) in [6.07, 6.45) is 9.39. The van der Waals surface area contributed by atoms with Crippen LogP contribution in [0.15, 0.2) is 21.3 Å². The van der Waals surface area contributed by atoms with Gasteiger partial charge in [0.25, 0.3) is 0 Å². The Hall–Kier alpha value is -1.77. The third kappa shape index (κ3) is 2.90. The molecule has 0 amide bonds. The lowest BCUT2D eigenvalue weighted by Gasteiger charge is -2.11. The fourth-order valence-electron chi connectivity index (χ4n) is 3.47. The van der Waals surface area contributed by atoms with Gasteiger partial charge in [-0.3, -0.25) is 0 Å². The molecule has 0 saturated heterocycles. The van der Waals surface area contributed by atoms with E-state index in [9.17, 15) is 9.90 Å². The third-order valence-electron chi connectivity index (χ3n) is 4.72. The lowest BCUT2D eigenvalue weighted by molar-refractivity contribution is 0.464. The number of rotatable bonds is 4. The van der Waals surface area contributed by atoms with Crippen molar-refractivity contribution in [1.82, 2.24) is 0 Å². The Kier molecular flexibility index (Phi) is 4.51. The Balaban J connectivity index is 2.10. The van der Waals surface area contributed by atoms with Gasteiger partial charge in [-0.15, -0.1) is 0 Å². The highest BCUT2D eigenvalue weighted by Crippen LogP contribution is 2.31. The fourth-order valence-corrected chi connectivity index (χ4v) is 3.47. The van der Waals surface area contributed by atoms with Crippen molar-refractivity contribution in [3.8, 4) is 5.75 Å². The monoisotopic (exact) mass is 300 g/mol. The lowest BCUT2D eigenvalue weighted by atomic mass is 9.97. The highest BCUT2D eigenvalue weighted by Gasteiger charge is 2.18. The van der Waals surface area contributed by atoms with Crippen LogP contribution in [0.5, 0.6) is 5.75 Å². The van der Waals surface area contributed by atoms with E-state index >= 15 is 0 Å². The predicted octanol–water partition coefficient (Wildman–Crippen LogP) is 4.50. The van der Waals surface area contributed by atoms with Crippen molar-refractivity contribution < 1.29 is 9.52 Å². The topological polar surface area (TPSA) is 50.4 Å². The van der Waals surface area contributed by atoms with E-state index in [0.717, 1.165) is 67.0 Å². The minimum atomic E-state index is -0.220. The first-order chi connectivity index (χ1) is 10.7. The molecule has 0 spiro atoms. The van der Waals surface area contributed by atoms with E-state index in [1.54, 1.807) is 6.07 Å². The van der Waals surface area contributed by atoms with Crippen LogP contribution in [0.25, 0.3) is 11.0 Å². The molecule has 0 fully saturated rings. The SMILES string of the molecule is CCCCCc1cc2c3c(c(=O)oc2cc1O)CCCCC3. The third-order valence-corrected chi connectivity index (χ3v) is 4.72. The van der Waals surface area contributed by atoms with E-state index in [0.29, 0.717) is 5.58 Å². The zero-order chi connectivity index (χ0) is 15.5. The summed E-state index contributed by atoms with van der Waals surface area (Å²) in [6.45, 7) is 2.18. The van der Waals surface area contributed by atoms with Gasteiger partial charge in [0.2, 0.25) is 0 Å². The van der Waals surface area contributed by atoms with Gasteiger partial charge >= 0.3 is 5.63 Å². The number of aryl methyl sites for hydroxylation is 2. The van der Waals surface area contributed by atoms with Crippen LogP contribution in [0, 0.1) is 0 Å². The molecule has 0 atom stereocenters. The van der Waals surface area contributed by atoms with Crippen molar-refractivity contribution in [2.45, 2.75) is 64.7 Å². The van der Waals surface area contributed by atoms with Crippen molar-refractivity contribution in [3.05, 3.63) is 39.2 Å². The van der Waals surface area contributed by atoms with E-state index in [1.165, 1.54) is 12.8 Å². The molecule has 1 heterocycles. The van der Waals surface area contributed by atoms with Gasteiger partial charge in [-0.25, -0.2) is 4.79 Å². The molecule has 0 saturated carbocycles. The highest BCUT2D eigenvalue weighted by atomic mass is 16.4. The molecule has 118 valence electrons. The Morgan fingerprint density at radius 2 is 1.86 bits per heavy atom. The van der Waals surface area contributed by atoms with Crippen LogP contribution in [0.2, 0.25) is 0 Å². The predicted molar refractivity (Wildman–Crippen MR) is 88.6 cm³/mol. The number of unbranched alkanes of at least 4 members (excludes halogenated alkanes) is 2. The molecule has 3 nitrogen and oxygen atoms in total. The van der Waals surface area contributed by atoms with Crippen LogP contribution < -0.4 is 5.63 Å². The van der Waals surface area contributed by atoms with E-state index in [-0.39, 0.29) is 11.4 Å². The maximum atomic E-state index is 12.2. The van der Waals surface area contributed by atoms with E-state index < -0.39 is 0 Å². The normalized spacial score (nSPS) is 14.8. The summed E-state index contributed by atoms with van der Waals surface area (Å²) in [7, 11) is 0. The first kappa shape index (κ1) is 15.1. The summed E-state index contributed by atoms with van der Waals surface area (Å²) < 4.78 is 5.46. The second-order valence-electron chi connectivity index (χ2n) is 6.34. The average molecular weight is 300 g/mol. The van der Waals surface area contributed by atoms with Gasteiger partial charge < -0.3 is 9.52 Å². The smallest absolute Gasteiger partial charge is 0.339 e. The first-order valence-electron chi connectivity index (χ1n) is 8.51. The molecule has 0 radical (unpaired) electrons. The Morgan fingerprint density at radius 3 is 2.64 bits per heavy atom. The summed E-state index contributed by atoms with van der Waals surface area (Å²) in [6, 6.07) is 3.68. The summed E-state index contributed by atoms with van der Waals surface area (Å²) in [5.41, 5.74) is 3.29. The molecule has 1 N–H and O–H groups in total. The van der Waals surface area contributed by atoms with Gasteiger partial charge in [0.15, 0.2) is 0 Å². The molecule has 1 aliphatic rings. The molecule has 0 bridgehead atoms. The summed E-state index contributed by atoms with van der Waals surface area (Å²) in [4.78, 5) is 12.2. The minimum Gasteiger partial charge on any atom is -0.508 e. The number of aromatic hydroxyl groups is 1. The van der Waals surface area contributed by atoms with Gasteiger partial charge in [0, 0.05) is 17.0 Å². The van der Waals surface area contributed by atoms with Gasteiger partial charge in [-0.1, -0.05) is 26.2 Å². The highest BCUT2D eigenvalue weighted by molar-refractivity contribution is 5.84.